The lowest BCUT2D eigenvalue weighted by Gasteiger charge is -2.45. The van der Waals surface area contributed by atoms with E-state index in [0.717, 1.165) is 6.42 Å². The summed E-state index contributed by atoms with van der Waals surface area (Å²) in [5.41, 5.74) is 0.861. The van der Waals surface area contributed by atoms with Gasteiger partial charge < -0.3 is 0 Å². The maximum absolute atomic E-state index is 9.03. The van der Waals surface area contributed by atoms with Crippen LogP contribution in [0.25, 0.3) is 0 Å². The van der Waals surface area contributed by atoms with Crippen LogP contribution in [0.3, 0.4) is 0 Å². The van der Waals surface area contributed by atoms with E-state index in [2.05, 4.69) is 52.5 Å². The summed E-state index contributed by atoms with van der Waals surface area (Å²) in [6.07, 6.45) is 3.20. The van der Waals surface area contributed by atoms with Gasteiger partial charge in [0.15, 0.2) is 0 Å². The molecule has 3 atom stereocenters. The Morgan fingerprint density at radius 3 is 2.12 bits per heavy atom. The average molecular weight is 234 g/mol. The van der Waals surface area contributed by atoms with Crippen LogP contribution in [0, 0.1) is 22.2 Å². The molecule has 1 saturated heterocycles. The lowest BCUT2D eigenvalue weighted by molar-refractivity contribution is 0.0362. The minimum Gasteiger partial charge on any atom is -0.291 e. The van der Waals surface area contributed by atoms with Crippen molar-refractivity contribution in [1.29, 1.82) is 5.26 Å². The molecule has 0 bridgehead atoms. The van der Waals surface area contributed by atoms with E-state index in [1.807, 2.05) is 0 Å². The zero-order valence-corrected chi connectivity index (χ0v) is 12.2. The van der Waals surface area contributed by atoms with Gasteiger partial charge in [0.1, 0.15) is 0 Å². The Morgan fingerprint density at radius 1 is 1.18 bits per heavy atom. The Labute approximate surface area is 106 Å². The molecular formula is C15H26N2. The van der Waals surface area contributed by atoms with Crippen LogP contribution in [0.4, 0.5) is 0 Å². The zero-order valence-electron chi connectivity index (χ0n) is 12.2. The zero-order chi connectivity index (χ0) is 13.1. The van der Waals surface area contributed by atoms with Gasteiger partial charge in [-0.1, -0.05) is 20.8 Å². The first kappa shape index (κ1) is 12.9. The highest BCUT2D eigenvalue weighted by Gasteiger charge is 2.67. The van der Waals surface area contributed by atoms with Crippen molar-refractivity contribution in [3.8, 4) is 6.07 Å². The van der Waals surface area contributed by atoms with Gasteiger partial charge in [0.05, 0.1) is 6.07 Å². The van der Waals surface area contributed by atoms with Gasteiger partial charge in [0, 0.05) is 29.5 Å². The summed E-state index contributed by atoms with van der Waals surface area (Å²) in [6, 6.07) is 3.69. The van der Waals surface area contributed by atoms with Crippen LogP contribution in [0.1, 0.15) is 60.8 Å². The second kappa shape index (κ2) is 3.48. The van der Waals surface area contributed by atoms with Crippen molar-refractivity contribution < 1.29 is 0 Å². The highest BCUT2D eigenvalue weighted by atomic mass is 15.3. The van der Waals surface area contributed by atoms with Crippen molar-refractivity contribution >= 4 is 0 Å². The Hall–Kier alpha value is -0.550. The van der Waals surface area contributed by atoms with Crippen molar-refractivity contribution in [3.05, 3.63) is 0 Å². The molecule has 0 radical (unpaired) electrons. The number of rotatable bonds is 1. The summed E-state index contributed by atoms with van der Waals surface area (Å²) in [5, 5.41) is 9.03. The summed E-state index contributed by atoms with van der Waals surface area (Å²) >= 11 is 0. The lowest BCUT2D eigenvalue weighted by atomic mass is 9.80. The summed E-state index contributed by atoms with van der Waals surface area (Å²) in [7, 11) is 0. The largest absolute Gasteiger partial charge is 0.291 e. The third-order valence-electron chi connectivity index (χ3n) is 4.62. The van der Waals surface area contributed by atoms with Gasteiger partial charge in [-0.15, -0.1) is 0 Å². The van der Waals surface area contributed by atoms with E-state index in [9.17, 15) is 0 Å². The van der Waals surface area contributed by atoms with E-state index in [1.165, 1.54) is 12.8 Å². The number of piperidine rings is 1. The molecule has 0 spiro atoms. The second-order valence-corrected chi connectivity index (χ2v) is 8.08. The minimum absolute atomic E-state index is 0.219. The molecule has 0 aromatic carbocycles. The highest BCUT2D eigenvalue weighted by Crippen LogP contribution is 2.65. The molecule has 1 unspecified atom stereocenters. The fraction of sp³-hybridized carbons (Fsp3) is 0.933. The maximum Gasteiger partial charge on any atom is 0.0628 e. The van der Waals surface area contributed by atoms with Crippen LogP contribution in [0.5, 0.6) is 0 Å². The van der Waals surface area contributed by atoms with E-state index in [-0.39, 0.29) is 5.54 Å². The van der Waals surface area contributed by atoms with E-state index in [1.54, 1.807) is 0 Å². The summed E-state index contributed by atoms with van der Waals surface area (Å²) in [6.45, 7) is 13.9. The Kier molecular flexibility index (Phi) is 2.64. The van der Waals surface area contributed by atoms with Gasteiger partial charge in [-0.05, 0) is 39.0 Å². The number of hydrogen-bond donors (Lipinski definition) is 0. The van der Waals surface area contributed by atoms with Crippen LogP contribution in [0.15, 0.2) is 0 Å². The van der Waals surface area contributed by atoms with Crippen molar-refractivity contribution in [2.24, 2.45) is 10.8 Å². The van der Waals surface area contributed by atoms with Crippen LogP contribution < -0.4 is 0 Å². The molecule has 2 fully saturated rings. The van der Waals surface area contributed by atoms with Crippen molar-refractivity contribution in [2.75, 3.05) is 0 Å². The normalized spacial score (nSPS) is 37.7. The highest BCUT2D eigenvalue weighted by molar-refractivity contribution is 5.22. The molecule has 1 heterocycles. The van der Waals surface area contributed by atoms with Gasteiger partial charge >= 0.3 is 0 Å². The van der Waals surface area contributed by atoms with Crippen LogP contribution in [-0.2, 0) is 0 Å². The standard InChI is InChI=1S/C15H26N2/c1-13(2,3)11-9-15(7-8-16)10-12(15)17(11)14(4,5)6/h11-12H,7,9-10H2,1-6H3/t11-,12?,15-/m0/s1. The molecule has 0 amide bonds. The van der Waals surface area contributed by atoms with E-state index in [4.69, 9.17) is 5.26 Å². The molecule has 1 saturated carbocycles. The Balaban J connectivity index is 2.27. The first-order chi connectivity index (χ1) is 7.62. The second-order valence-electron chi connectivity index (χ2n) is 8.08. The van der Waals surface area contributed by atoms with Crippen molar-refractivity contribution in [1.82, 2.24) is 4.90 Å². The number of likely N-dealkylation sites (tertiary alicyclic amines) is 1. The van der Waals surface area contributed by atoms with Crippen molar-refractivity contribution in [3.63, 3.8) is 0 Å². The molecular weight excluding hydrogens is 208 g/mol. The fourth-order valence-corrected chi connectivity index (χ4v) is 3.72. The van der Waals surface area contributed by atoms with Crippen LogP contribution in [0.2, 0.25) is 0 Å². The number of nitrogens with zero attached hydrogens (tertiary/aromatic N) is 2. The smallest absolute Gasteiger partial charge is 0.0628 e. The summed E-state index contributed by atoms with van der Waals surface area (Å²) in [5.74, 6) is 0. The number of hydrogen-bond acceptors (Lipinski definition) is 2. The molecule has 2 heteroatoms. The molecule has 17 heavy (non-hydrogen) atoms. The molecule has 1 aliphatic heterocycles. The van der Waals surface area contributed by atoms with Gasteiger partial charge in [-0.2, -0.15) is 5.26 Å². The molecule has 1 aliphatic carbocycles. The SMILES string of the molecule is CC(C)(C)[C@@H]1C[C@@]2(CC#N)CC2N1C(C)(C)C. The third-order valence-corrected chi connectivity index (χ3v) is 4.62. The Bertz CT molecular complexity index is 353. The lowest BCUT2D eigenvalue weighted by Crippen LogP contribution is -2.51. The third kappa shape index (κ3) is 1.99. The maximum atomic E-state index is 9.03. The first-order valence-corrected chi connectivity index (χ1v) is 6.77. The predicted molar refractivity (Wildman–Crippen MR) is 70.5 cm³/mol. The van der Waals surface area contributed by atoms with Crippen molar-refractivity contribution in [2.45, 2.75) is 78.4 Å². The summed E-state index contributed by atoms with van der Waals surface area (Å²) in [4.78, 5) is 2.70. The fourth-order valence-electron chi connectivity index (χ4n) is 3.72. The quantitative estimate of drug-likeness (QED) is 0.693. The van der Waals surface area contributed by atoms with E-state index < -0.39 is 0 Å². The molecule has 2 nitrogen and oxygen atoms in total. The van der Waals surface area contributed by atoms with Gasteiger partial charge in [-0.3, -0.25) is 4.90 Å². The monoisotopic (exact) mass is 234 g/mol. The van der Waals surface area contributed by atoms with Gasteiger partial charge in [-0.25, -0.2) is 0 Å². The van der Waals surface area contributed by atoms with Gasteiger partial charge in [0.2, 0.25) is 0 Å². The van der Waals surface area contributed by atoms with Crippen LogP contribution in [-0.4, -0.2) is 22.5 Å². The summed E-state index contributed by atoms with van der Waals surface area (Å²) < 4.78 is 0. The number of nitriles is 1. The molecule has 0 aromatic rings. The van der Waals surface area contributed by atoms with Crippen LogP contribution >= 0.6 is 0 Å². The number of fused-ring (bicyclic) bond motifs is 1. The van der Waals surface area contributed by atoms with E-state index in [0.29, 0.717) is 22.9 Å². The average Bonchev–Trinajstić information content (AvgIpc) is 2.67. The molecule has 0 aromatic heterocycles. The first-order valence-electron chi connectivity index (χ1n) is 6.77. The minimum atomic E-state index is 0.219. The van der Waals surface area contributed by atoms with Gasteiger partial charge in [0.25, 0.3) is 0 Å². The topological polar surface area (TPSA) is 27.0 Å². The predicted octanol–water partition coefficient (Wildman–Crippen LogP) is 3.58. The molecule has 2 rings (SSSR count). The Morgan fingerprint density at radius 2 is 1.76 bits per heavy atom. The molecule has 96 valence electrons. The molecule has 2 aliphatic rings. The van der Waals surface area contributed by atoms with E-state index >= 15 is 0 Å². The molecule has 0 N–H and O–H groups in total.